The van der Waals surface area contributed by atoms with Crippen LogP contribution in [0.3, 0.4) is 0 Å². The second-order valence-electron chi connectivity index (χ2n) is 5.52. The van der Waals surface area contributed by atoms with Crippen LogP contribution in [0.2, 0.25) is 0 Å². The fourth-order valence-electron chi connectivity index (χ4n) is 2.31. The predicted molar refractivity (Wildman–Crippen MR) is 85.8 cm³/mol. The number of hydrogen-bond acceptors (Lipinski definition) is 2. The molecule has 0 saturated heterocycles. The van der Waals surface area contributed by atoms with E-state index in [4.69, 9.17) is 5.73 Å². The number of nitrogens with zero attached hydrogens (tertiary/aromatic N) is 1. The number of nitrogens with two attached hydrogens (primary N) is 1. The van der Waals surface area contributed by atoms with Gasteiger partial charge < -0.3 is 10.6 Å². The molecule has 1 atom stereocenters. The Balaban J connectivity index is 1.82. The summed E-state index contributed by atoms with van der Waals surface area (Å²) in [6.45, 7) is 4.01. The van der Waals surface area contributed by atoms with E-state index in [1.807, 2.05) is 0 Å². The highest BCUT2D eigenvalue weighted by Gasteiger charge is 2.09. The van der Waals surface area contributed by atoms with E-state index in [1.165, 1.54) is 16.7 Å². The van der Waals surface area contributed by atoms with Gasteiger partial charge in [0.25, 0.3) is 0 Å². The van der Waals surface area contributed by atoms with Gasteiger partial charge in [-0.2, -0.15) is 0 Å². The first-order valence-electron chi connectivity index (χ1n) is 7.20. The molecule has 0 aliphatic carbocycles. The number of rotatable bonds is 6. The summed E-state index contributed by atoms with van der Waals surface area (Å²) in [4.78, 5) is 2.30. The van der Waals surface area contributed by atoms with E-state index in [0.29, 0.717) is 0 Å². The molecule has 0 aliphatic rings. The molecule has 2 aromatic rings. The Morgan fingerprint density at radius 2 is 1.65 bits per heavy atom. The summed E-state index contributed by atoms with van der Waals surface area (Å²) in [7, 11) is 2.14. The number of benzene rings is 2. The number of hydrogen-bond donors (Lipinski definition) is 1. The monoisotopic (exact) mass is 268 g/mol. The standard InChI is InChI=1S/C18H24N2/c1-15-8-10-17(11-9-15)18(19)14-20(2)13-12-16-6-4-3-5-7-16/h3-11,18H,12-14,19H2,1-2H3. The fourth-order valence-corrected chi connectivity index (χ4v) is 2.31. The first-order chi connectivity index (χ1) is 9.65. The van der Waals surface area contributed by atoms with Gasteiger partial charge in [0.15, 0.2) is 0 Å². The zero-order valence-electron chi connectivity index (χ0n) is 12.4. The molecule has 0 spiro atoms. The molecule has 2 N–H and O–H groups in total. The lowest BCUT2D eigenvalue weighted by Crippen LogP contribution is -2.30. The molecule has 0 saturated carbocycles. The first kappa shape index (κ1) is 14.8. The van der Waals surface area contributed by atoms with Crippen LogP contribution in [-0.4, -0.2) is 25.0 Å². The minimum Gasteiger partial charge on any atom is -0.323 e. The van der Waals surface area contributed by atoms with Crippen molar-refractivity contribution in [1.29, 1.82) is 0 Å². The highest BCUT2D eigenvalue weighted by atomic mass is 15.1. The van der Waals surface area contributed by atoms with Crippen molar-refractivity contribution in [2.75, 3.05) is 20.1 Å². The Morgan fingerprint density at radius 1 is 1.00 bits per heavy atom. The SMILES string of the molecule is Cc1ccc(C(N)CN(C)CCc2ccccc2)cc1. The summed E-state index contributed by atoms with van der Waals surface area (Å²) >= 11 is 0. The minimum atomic E-state index is 0.0800. The zero-order valence-corrected chi connectivity index (χ0v) is 12.4. The molecule has 2 rings (SSSR count). The summed E-state index contributed by atoms with van der Waals surface area (Å²) in [6, 6.07) is 19.2. The summed E-state index contributed by atoms with van der Waals surface area (Å²) < 4.78 is 0. The van der Waals surface area contributed by atoms with Gasteiger partial charge in [0.2, 0.25) is 0 Å². The Kier molecular flexibility index (Phi) is 5.33. The van der Waals surface area contributed by atoms with Crippen molar-refractivity contribution in [2.24, 2.45) is 5.73 Å². The topological polar surface area (TPSA) is 29.3 Å². The van der Waals surface area contributed by atoms with E-state index < -0.39 is 0 Å². The van der Waals surface area contributed by atoms with Gasteiger partial charge in [0, 0.05) is 19.1 Å². The van der Waals surface area contributed by atoms with Crippen molar-refractivity contribution < 1.29 is 0 Å². The van der Waals surface area contributed by atoms with Crippen LogP contribution >= 0.6 is 0 Å². The summed E-state index contributed by atoms with van der Waals surface area (Å²) in [6.07, 6.45) is 1.07. The lowest BCUT2D eigenvalue weighted by atomic mass is 10.1. The molecule has 0 amide bonds. The molecule has 20 heavy (non-hydrogen) atoms. The molecule has 0 aliphatic heterocycles. The molecule has 2 aromatic carbocycles. The molecule has 2 heteroatoms. The van der Waals surface area contributed by atoms with Crippen molar-refractivity contribution in [2.45, 2.75) is 19.4 Å². The molecular formula is C18H24N2. The molecule has 0 aromatic heterocycles. The highest BCUT2D eigenvalue weighted by Crippen LogP contribution is 2.12. The van der Waals surface area contributed by atoms with Crippen LogP contribution in [-0.2, 0) is 6.42 Å². The molecule has 0 fully saturated rings. The van der Waals surface area contributed by atoms with E-state index in [-0.39, 0.29) is 6.04 Å². The Hall–Kier alpha value is -1.64. The van der Waals surface area contributed by atoms with E-state index in [0.717, 1.165) is 19.5 Å². The summed E-state index contributed by atoms with van der Waals surface area (Å²) in [5, 5.41) is 0. The first-order valence-corrected chi connectivity index (χ1v) is 7.20. The normalized spacial score (nSPS) is 12.6. The predicted octanol–water partition coefficient (Wildman–Crippen LogP) is 3.17. The zero-order chi connectivity index (χ0) is 14.4. The van der Waals surface area contributed by atoms with E-state index in [1.54, 1.807) is 0 Å². The number of likely N-dealkylation sites (N-methyl/N-ethyl adjacent to an activating group) is 1. The highest BCUT2D eigenvalue weighted by molar-refractivity contribution is 5.24. The van der Waals surface area contributed by atoms with Crippen molar-refractivity contribution in [3.63, 3.8) is 0 Å². The average molecular weight is 268 g/mol. The lowest BCUT2D eigenvalue weighted by molar-refractivity contribution is 0.316. The van der Waals surface area contributed by atoms with Gasteiger partial charge >= 0.3 is 0 Å². The molecule has 1 unspecified atom stereocenters. The van der Waals surface area contributed by atoms with Gasteiger partial charge in [-0.15, -0.1) is 0 Å². The third-order valence-electron chi connectivity index (χ3n) is 3.64. The van der Waals surface area contributed by atoms with Crippen molar-refractivity contribution in [3.05, 3.63) is 71.3 Å². The smallest absolute Gasteiger partial charge is 0.0424 e. The van der Waals surface area contributed by atoms with Crippen LogP contribution in [0.15, 0.2) is 54.6 Å². The molecule has 106 valence electrons. The van der Waals surface area contributed by atoms with Gasteiger partial charge in [-0.05, 0) is 31.5 Å². The van der Waals surface area contributed by atoms with Crippen LogP contribution < -0.4 is 5.73 Å². The Bertz CT molecular complexity index is 505. The van der Waals surface area contributed by atoms with Crippen molar-refractivity contribution in [3.8, 4) is 0 Å². The van der Waals surface area contributed by atoms with Gasteiger partial charge in [-0.3, -0.25) is 0 Å². The quantitative estimate of drug-likeness (QED) is 0.872. The molecule has 0 heterocycles. The molecule has 0 bridgehead atoms. The van der Waals surface area contributed by atoms with Gasteiger partial charge in [-0.1, -0.05) is 60.2 Å². The van der Waals surface area contributed by atoms with E-state index in [2.05, 4.69) is 73.5 Å². The molecular weight excluding hydrogens is 244 g/mol. The Labute approximate surface area is 122 Å². The maximum atomic E-state index is 6.27. The molecule has 0 radical (unpaired) electrons. The van der Waals surface area contributed by atoms with Crippen LogP contribution in [0.5, 0.6) is 0 Å². The van der Waals surface area contributed by atoms with Crippen LogP contribution in [0, 0.1) is 6.92 Å². The van der Waals surface area contributed by atoms with Crippen molar-refractivity contribution >= 4 is 0 Å². The van der Waals surface area contributed by atoms with Gasteiger partial charge in [0.1, 0.15) is 0 Å². The molecule has 2 nitrogen and oxygen atoms in total. The van der Waals surface area contributed by atoms with E-state index >= 15 is 0 Å². The number of aryl methyl sites for hydroxylation is 1. The van der Waals surface area contributed by atoms with Crippen LogP contribution in [0.4, 0.5) is 0 Å². The van der Waals surface area contributed by atoms with Crippen molar-refractivity contribution in [1.82, 2.24) is 4.90 Å². The van der Waals surface area contributed by atoms with Crippen LogP contribution in [0.1, 0.15) is 22.7 Å². The second-order valence-corrected chi connectivity index (χ2v) is 5.52. The largest absolute Gasteiger partial charge is 0.323 e. The second kappa shape index (κ2) is 7.22. The maximum absolute atomic E-state index is 6.27. The lowest BCUT2D eigenvalue weighted by Gasteiger charge is -2.21. The minimum absolute atomic E-state index is 0.0800. The summed E-state index contributed by atoms with van der Waals surface area (Å²) in [5.41, 5.74) is 10.1. The summed E-state index contributed by atoms with van der Waals surface area (Å²) in [5.74, 6) is 0. The van der Waals surface area contributed by atoms with Gasteiger partial charge in [-0.25, -0.2) is 0 Å². The fraction of sp³-hybridized carbons (Fsp3) is 0.333. The average Bonchev–Trinajstić information content (AvgIpc) is 2.47. The third kappa shape index (κ3) is 4.48. The maximum Gasteiger partial charge on any atom is 0.0424 e. The van der Waals surface area contributed by atoms with Gasteiger partial charge in [0.05, 0.1) is 0 Å². The third-order valence-corrected chi connectivity index (χ3v) is 3.64. The van der Waals surface area contributed by atoms with Crippen LogP contribution in [0.25, 0.3) is 0 Å². The Morgan fingerprint density at radius 3 is 2.30 bits per heavy atom. The van der Waals surface area contributed by atoms with E-state index in [9.17, 15) is 0 Å².